The second-order valence-electron chi connectivity index (χ2n) is 9.85. The Morgan fingerprint density at radius 1 is 0.793 bits per heavy atom. The molecule has 0 aromatic rings. The number of carbonyl (C=O) groups is 3. The van der Waals surface area contributed by atoms with Gasteiger partial charge in [-0.2, -0.15) is 0 Å². The highest BCUT2D eigenvalue weighted by atomic mass is 16.2. The van der Waals surface area contributed by atoms with E-state index in [9.17, 15) is 14.4 Å². The Morgan fingerprint density at radius 3 is 2.31 bits per heavy atom. The van der Waals surface area contributed by atoms with Crippen LogP contribution in [0.2, 0.25) is 0 Å². The minimum Gasteiger partial charge on any atom is -0.342 e. The van der Waals surface area contributed by atoms with Gasteiger partial charge in [0.1, 0.15) is 0 Å². The molecule has 0 aromatic carbocycles. The second-order valence-corrected chi connectivity index (χ2v) is 9.85. The van der Waals surface area contributed by atoms with E-state index >= 15 is 0 Å². The lowest BCUT2D eigenvalue weighted by Crippen LogP contribution is -2.62. The van der Waals surface area contributed by atoms with Crippen LogP contribution in [-0.4, -0.2) is 89.3 Å². The van der Waals surface area contributed by atoms with Gasteiger partial charge in [0.15, 0.2) is 0 Å². The minimum absolute atomic E-state index is 0.0969. The molecule has 0 spiro atoms. The van der Waals surface area contributed by atoms with Crippen molar-refractivity contribution in [3.63, 3.8) is 0 Å². The van der Waals surface area contributed by atoms with E-state index in [-0.39, 0.29) is 11.9 Å². The summed E-state index contributed by atoms with van der Waals surface area (Å²) in [4.78, 5) is 46.3. The van der Waals surface area contributed by atoms with Crippen molar-refractivity contribution in [3.8, 4) is 0 Å². The van der Waals surface area contributed by atoms with Crippen molar-refractivity contribution in [3.05, 3.63) is 0 Å². The van der Waals surface area contributed by atoms with Crippen LogP contribution in [0.4, 0.5) is 4.79 Å². The molecule has 5 heterocycles. The minimum atomic E-state index is 0.0969. The maximum absolute atomic E-state index is 13.2. The molecule has 0 N–H and O–H groups in total. The second kappa shape index (κ2) is 7.80. The topological polar surface area (TPSA) is 64.2 Å². The van der Waals surface area contributed by atoms with Crippen LogP contribution in [0.15, 0.2) is 0 Å². The molecule has 0 radical (unpaired) electrons. The molecule has 5 fully saturated rings. The molecule has 2 bridgehead atoms. The summed E-state index contributed by atoms with van der Waals surface area (Å²) in [5.41, 5.74) is 0. The van der Waals surface area contributed by atoms with E-state index in [1.54, 1.807) is 0 Å². The maximum atomic E-state index is 13.2. The molecular formula is C22H34N4O3. The van der Waals surface area contributed by atoms with Crippen LogP contribution < -0.4 is 0 Å². The van der Waals surface area contributed by atoms with Crippen LogP contribution in [0.3, 0.4) is 0 Å². The van der Waals surface area contributed by atoms with E-state index in [0.717, 1.165) is 77.7 Å². The predicted molar refractivity (Wildman–Crippen MR) is 108 cm³/mol. The average molecular weight is 403 g/mol. The molecule has 0 aliphatic carbocycles. The summed E-state index contributed by atoms with van der Waals surface area (Å²) in [7, 11) is 0. The van der Waals surface area contributed by atoms with Crippen LogP contribution in [0, 0.1) is 17.8 Å². The van der Waals surface area contributed by atoms with Gasteiger partial charge in [0.05, 0.1) is 0 Å². The molecule has 5 saturated heterocycles. The molecule has 5 rings (SSSR count). The van der Waals surface area contributed by atoms with Crippen LogP contribution in [0.1, 0.15) is 51.4 Å². The standard InChI is InChI=1S/C22H34N4O3/c27-20-5-3-4-19-18-12-16(14-26(19)20)13-25(15-18)22(29)24-10-6-17(7-11-24)21(28)23-8-1-2-9-23/h16-19H,1-15H2/t16?,18?,19-/m1/s1. The van der Waals surface area contributed by atoms with Gasteiger partial charge in [0.2, 0.25) is 11.8 Å². The van der Waals surface area contributed by atoms with Gasteiger partial charge < -0.3 is 19.6 Å². The van der Waals surface area contributed by atoms with Crippen molar-refractivity contribution in [1.29, 1.82) is 0 Å². The zero-order valence-corrected chi connectivity index (χ0v) is 17.4. The molecule has 0 saturated carbocycles. The summed E-state index contributed by atoms with van der Waals surface area (Å²) < 4.78 is 0. The van der Waals surface area contributed by atoms with E-state index in [1.807, 2.05) is 9.80 Å². The van der Waals surface area contributed by atoms with E-state index in [4.69, 9.17) is 0 Å². The van der Waals surface area contributed by atoms with Crippen molar-refractivity contribution >= 4 is 17.8 Å². The lowest BCUT2D eigenvalue weighted by molar-refractivity contribution is -0.144. The number of amides is 4. The van der Waals surface area contributed by atoms with E-state index < -0.39 is 0 Å². The third-order valence-electron chi connectivity index (χ3n) is 7.98. The maximum Gasteiger partial charge on any atom is 0.320 e. The summed E-state index contributed by atoms with van der Waals surface area (Å²) in [5.74, 6) is 1.58. The summed E-state index contributed by atoms with van der Waals surface area (Å²) in [6.07, 6.45) is 7.80. The van der Waals surface area contributed by atoms with Gasteiger partial charge in [-0.15, -0.1) is 0 Å². The molecule has 7 nitrogen and oxygen atoms in total. The number of rotatable bonds is 1. The van der Waals surface area contributed by atoms with Crippen LogP contribution >= 0.6 is 0 Å². The molecule has 4 amide bonds. The van der Waals surface area contributed by atoms with Gasteiger partial charge in [0.25, 0.3) is 0 Å². The quantitative estimate of drug-likeness (QED) is 0.672. The van der Waals surface area contributed by atoms with Gasteiger partial charge in [0, 0.05) is 64.2 Å². The number of urea groups is 1. The number of carbonyl (C=O) groups excluding carboxylic acids is 3. The fourth-order valence-corrected chi connectivity index (χ4v) is 6.48. The van der Waals surface area contributed by atoms with Gasteiger partial charge in [-0.3, -0.25) is 9.59 Å². The summed E-state index contributed by atoms with van der Waals surface area (Å²) >= 11 is 0. The first-order chi connectivity index (χ1) is 14.1. The Labute approximate surface area is 173 Å². The Bertz CT molecular complexity index is 669. The normalized spacial score (nSPS) is 33.1. The van der Waals surface area contributed by atoms with Crippen molar-refractivity contribution in [1.82, 2.24) is 19.6 Å². The number of nitrogens with zero attached hydrogens (tertiary/aromatic N) is 4. The highest BCUT2D eigenvalue weighted by molar-refractivity contribution is 5.80. The molecular weight excluding hydrogens is 368 g/mol. The van der Waals surface area contributed by atoms with Crippen LogP contribution in [-0.2, 0) is 9.59 Å². The van der Waals surface area contributed by atoms with Crippen molar-refractivity contribution in [2.24, 2.45) is 17.8 Å². The number of fused-ring (bicyclic) bond motifs is 4. The number of piperidine rings is 4. The first-order valence-corrected chi connectivity index (χ1v) is 11.7. The number of hydrogen-bond acceptors (Lipinski definition) is 3. The largest absolute Gasteiger partial charge is 0.342 e. The Balaban J connectivity index is 1.17. The summed E-state index contributed by atoms with van der Waals surface area (Å²) in [5, 5.41) is 0. The molecule has 5 aliphatic rings. The first kappa shape index (κ1) is 19.2. The molecule has 160 valence electrons. The first-order valence-electron chi connectivity index (χ1n) is 11.7. The highest BCUT2D eigenvalue weighted by Crippen LogP contribution is 2.38. The lowest BCUT2D eigenvalue weighted by Gasteiger charge is -2.53. The van der Waals surface area contributed by atoms with Gasteiger partial charge in [-0.05, 0) is 56.8 Å². The van der Waals surface area contributed by atoms with Gasteiger partial charge >= 0.3 is 6.03 Å². The molecule has 29 heavy (non-hydrogen) atoms. The summed E-state index contributed by atoms with van der Waals surface area (Å²) in [6.45, 7) is 5.61. The lowest BCUT2D eigenvalue weighted by atomic mass is 9.76. The fourth-order valence-electron chi connectivity index (χ4n) is 6.48. The van der Waals surface area contributed by atoms with Crippen molar-refractivity contribution in [2.75, 3.05) is 45.8 Å². The van der Waals surface area contributed by atoms with E-state index in [2.05, 4.69) is 9.80 Å². The van der Waals surface area contributed by atoms with Crippen molar-refractivity contribution < 1.29 is 14.4 Å². The number of likely N-dealkylation sites (tertiary alicyclic amines) is 3. The summed E-state index contributed by atoms with van der Waals surface area (Å²) in [6, 6.07) is 0.495. The fraction of sp³-hybridized carbons (Fsp3) is 0.864. The monoisotopic (exact) mass is 402 g/mol. The zero-order valence-electron chi connectivity index (χ0n) is 17.4. The van der Waals surface area contributed by atoms with Crippen LogP contribution in [0.5, 0.6) is 0 Å². The predicted octanol–water partition coefficient (Wildman–Crippen LogP) is 1.77. The Kier molecular flexibility index (Phi) is 5.16. The van der Waals surface area contributed by atoms with Gasteiger partial charge in [-0.1, -0.05) is 0 Å². The van der Waals surface area contributed by atoms with E-state index in [0.29, 0.717) is 49.2 Å². The smallest absolute Gasteiger partial charge is 0.320 e. The molecule has 0 aromatic heterocycles. The molecule has 2 unspecified atom stereocenters. The van der Waals surface area contributed by atoms with Gasteiger partial charge in [-0.25, -0.2) is 4.79 Å². The third-order valence-corrected chi connectivity index (χ3v) is 7.98. The number of hydrogen-bond donors (Lipinski definition) is 0. The molecule has 3 atom stereocenters. The van der Waals surface area contributed by atoms with Crippen LogP contribution in [0.25, 0.3) is 0 Å². The highest BCUT2D eigenvalue weighted by Gasteiger charge is 2.45. The molecule has 5 aliphatic heterocycles. The molecule has 7 heteroatoms. The van der Waals surface area contributed by atoms with Crippen molar-refractivity contribution in [2.45, 2.75) is 57.4 Å². The van der Waals surface area contributed by atoms with E-state index in [1.165, 1.54) is 0 Å². The third kappa shape index (κ3) is 3.61. The Morgan fingerprint density at radius 2 is 1.55 bits per heavy atom. The zero-order chi connectivity index (χ0) is 20.0. The SMILES string of the molecule is O=C(C1CCN(C(=O)N2CC3CC(C2)[C@H]2CCCC(=O)N2C3)CC1)N1CCCC1. The Hall–Kier alpha value is -1.79. The average Bonchev–Trinajstić information content (AvgIpc) is 3.28.